The van der Waals surface area contributed by atoms with Crippen molar-refractivity contribution < 1.29 is 0 Å². The van der Waals surface area contributed by atoms with Gasteiger partial charge in [0.1, 0.15) is 0 Å². The highest BCUT2D eigenvalue weighted by Gasteiger charge is 2.30. The number of unbranched alkanes of at least 4 members (excludes halogenated alkanes) is 1. The Bertz CT molecular complexity index is 624. The highest BCUT2D eigenvalue weighted by atomic mass is 127. The molecule has 0 radical (unpaired) electrons. The summed E-state index contributed by atoms with van der Waals surface area (Å²) in [5.74, 6) is 1.04. The number of hydrogen-bond donors (Lipinski definition) is 1. The van der Waals surface area contributed by atoms with Crippen molar-refractivity contribution in [1.82, 2.24) is 14.8 Å². The summed E-state index contributed by atoms with van der Waals surface area (Å²) >= 11 is 0. The van der Waals surface area contributed by atoms with Crippen LogP contribution in [0.25, 0.3) is 0 Å². The van der Waals surface area contributed by atoms with Crippen LogP contribution in [0.4, 0.5) is 0 Å². The van der Waals surface area contributed by atoms with Gasteiger partial charge < -0.3 is 14.8 Å². The lowest BCUT2D eigenvalue weighted by Crippen LogP contribution is -2.40. The van der Waals surface area contributed by atoms with Crippen LogP contribution in [0.1, 0.15) is 45.7 Å². The van der Waals surface area contributed by atoms with E-state index in [-0.39, 0.29) is 29.5 Å². The number of guanidine groups is 1. The van der Waals surface area contributed by atoms with Gasteiger partial charge in [0.05, 0.1) is 0 Å². The molecule has 0 aromatic carbocycles. The van der Waals surface area contributed by atoms with Gasteiger partial charge in [-0.25, -0.2) is 0 Å². The van der Waals surface area contributed by atoms with Gasteiger partial charge in [-0.1, -0.05) is 19.9 Å². The predicted octanol–water partition coefficient (Wildman–Crippen LogP) is 3.25. The molecule has 0 saturated carbocycles. The third-order valence-electron chi connectivity index (χ3n) is 4.63. The second-order valence-electron chi connectivity index (χ2n) is 7.44. The van der Waals surface area contributed by atoms with E-state index in [2.05, 4.69) is 31.0 Å². The summed E-state index contributed by atoms with van der Waals surface area (Å²) in [5.41, 5.74) is 1.49. The number of likely N-dealkylation sites (tertiary alicyclic amines) is 1. The molecule has 1 aromatic heterocycles. The third-order valence-corrected chi connectivity index (χ3v) is 4.63. The summed E-state index contributed by atoms with van der Waals surface area (Å²) in [7, 11) is 0. The SMILES string of the molecule is CCNC(=NCCCCn1c(C)cccc1=O)N1CCC(C)(C)C1.I. The van der Waals surface area contributed by atoms with Crippen LogP contribution in [-0.2, 0) is 6.54 Å². The van der Waals surface area contributed by atoms with Gasteiger partial charge in [0.15, 0.2) is 5.96 Å². The van der Waals surface area contributed by atoms with Gasteiger partial charge in [0.2, 0.25) is 0 Å². The first-order valence-electron chi connectivity index (χ1n) is 9.13. The van der Waals surface area contributed by atoms with Gasteiger partial charge in [0.25, 0.3) is 5.56 Å². The van der Waals surface area contributed by atoms with E-state index < -0.39 is 0 Å². The molecule has 6 heteroatoms. The number of aromatic nitrogens is 1. The largest absolute Gasteiger partial charge is 0.357 e. The first kappa shape index (κ1) is 22.0. The van der Waals surface area contributed by atoms with Crippen LogP contribution in [0.15, 0.2) is 28.0 Å². The van der Waals surface area contributed by atoms with Crippen molar-refractivity contribution in [3.05, 3.63) is 34.2 Å². The Morgan fingerprint density at radius 2 is 2.08 bits per heavy atom. The maximum atomic E-state index is 11.9. The van der Waals surface area contributed by atoms with Crippen molar-refractivity contribution >= 4 is 29.9 Å². The maximum absolute atomic E-state index is 11.9. The molecule has 1 aromatic rings. The van der Waals surface area contributed by atoms with E-state index >= 15 is 0 Å². The molecule has 1 N–H and O–H groups in total. The van der Waals surface area contributed by atoms with E-state index in [0.717, 1.165) is 57.2 Å². The van der Waals surface area contributed by atoms with Crippen LogP contribution >= 0.6 is 24.0 Å². The highest BCUT2D eigenvalue weighted by Crippen LogP contribution is 2.28. The van der Waals surface area contributed by atoms with E-state index in [0.29, 0.717) is 5.41 Å². The Kier molecular flexibility index (Phi) is 8.96. The molecule has 0 bridgehead atoms. The molecule has 1 aliphatic rings. The molecule has 5 nitrogen and oxygen atoms in total. The van der Waals surface area contributed by atoms with Crippen molar-refractivity contribution in [2.75, 3.05) is 26.2 Å². The normalized spacial score (nSPS) is 16.6. The van der Waals surface area contributed by atoms with E-state index in [1.54, 1.807) is 6.07 Å². The van der Waals surface area contributed by atoms with Crippen LogP contribution in [0.3, 0.4) is 0 Å². The van der Waals surface area contributed by atoms with Gasteiger partial charge >= 0.3 is 0 Å². The molecule has 0 aliphatic carbocycles. The highest BCUT2D eigenvalue weighted by molar-refractivity contribution is 14.0. The average Bonchev–Trinajstić information content (AvgIpc) is 2.88. The molecule has 1 saturated heterocycles. The van der Waals surface area contributed by atoms with Gasteiger partial charge in [-0.15, -0.1) is 24.0 Å². The smallest absolute Gasteiger partial charge is 0.250 e. The number of rotatable bonds is 6. The molecule has 1 fully saturated rings. The molecule has 0 atom stereocenters. The average molecular weight is 460 g/mol. The zero-order chi connectivity index (χ0) is 17.6. The standard InChI is InChI=1S/C19H32N4O.HI/c1-5-20-18(22-14-11-19(3,4)15-22)21-12-6-7-13-23-16(2)9-8-10-17(23)24;/h8-10H,5-7,11-15H2,1-4H3,(H,20,21);1H. The molecule has 25 heavy (non-hydrogen) atoms. The van der Waals surface area contributed by atoms with E-state index in [1.165, 1.54) is 6.42 Å². The van der Waals surface area contributed by atoms with Crippen molar-refractivity contribution in [2.24, 2.45) is 10.4 Å². The fourth-order valence-corrected chi connectivity index (χ4v) is 3.20. The Morgan fingerprint density at radius 1 is 1.32 bits per heavy atom. The molecule has 0 spiro atoms. The number of halogens is 1. The minimum atomic E-state index is 0. The van der Waals surface area contributed by atoms with Crippen LogP contribution in [-0.4, -0.2) is 41.6 Å². The number of aryl methyl sites for hydroxylation is 1. The van der Waals surface area contributed by atoms with Crippen LogP contribution in [0.2, 0.25) is 0 Å². The molecule has 1 aliphatic heterocycles. The van der Waals surface area contributed by atoms with Gasteiger partial charge in [-0.2, -0.15) is 0 Å². The van der Waals surface area contributed by atoms with Crippen molar-refractivity contribution in [3.63, 3.8) is 0 Å². The number of nitrogens with zero attached hydrogens (tertiary/aromatic N) is 3. The summed E-state index contributed by atoms with van der Waals surface area (Å²) in [4.78, 5) is 19.0. The van der Waals surface area contributed by atoms with E-state index in [4.69, 9.17) is 4.99 Å². The zero-order valence-corrected chi connectivity index (χ0v) is 18.4. The minimum Gasteiger partial charge on any atom is -0.357 e. The van der Waals surface area contributed by atoms with Crippen LogP contribution in [0.5, 0.6) is 0 Å². The molecule has 0 amide bonds. The second-order valence-corrected chi connectivity index (χ2v) is 7.44. The molecule has 142 valence electrons. The summed E-state index contributed by atoms with van der Waals surface area (Å²) in [6.07, 6.45) is 3.18. The lowest BCUT2D eigenvalue weighted by molar-refractivity contribution is 0.370. The lowest BCUT2D eigenvalue weighted by Gasteiger charge is -2.23. The number of pyridine rings is 1. The van der Waals surface area contributed by atoms with Crippen molar-refractivity contribution in [3.8, 4) is 0 Å². The van der Waals surface area contributed by atoms with E-state index in [9.17, 15) is 4.79 Å². The second kappa shape index (κ2) is 10.2. The number of nitrogens with one attached hydrogen (secondary N) is 1. The topological polar surface area (TPSA) is 49.6 Å². The van der Waals surface area contributed by atoms with Crippen molar-refractivity contribution in [2.45, 2.75) is 53.5 Å². The first-order chi connectivity index (χ1) is 11.4. The van der Waals surface area contributed by atoms with E-state index in [1.807, 2.05) is 23.6 Å². The summed E-state index contributed by atoms with van der Waals surface area (Å²) in [6.45, 7) is 13.4. The summed E-state index contributed by atoms with van der Waals surface area (Å²) in [5, 5.41) is 3.41. The Balaban J connectivity index is 0.00000312. The minimum absolute atomic E-state index is 0. The molecule has 0 unspecified atom stereocenters. The number of aliphatic imine (C=N–C) groups is 1. The zero-order valence-electron chi connectivity index (χ0n) is 16.0. The molecular weight excluding hydrogens is 427 g/mol. The quantitative estimate of drug-likeness (QED) is 0.307. The lowest BCUT2D eigenvalue weighted by atomic mass is 9.93. The van der Waals surface area contributed by atoms with Gasteiger partial charge in [0, 0.05) is 44.5 Å². The Labute approximate surface area is 168 Å². The van der Waals surface area contributed by atoms with Gasteiger partial charge in [-0.3, -0.25) is 9.79 Å². The van der Waals surface area contributed by atoms with Crippen molar-refractivity contribution in [1.29, 1.82) is 0 Å². The Morgan fingerprint density at radius 3 is 2.68 bits per heavy atom. The fourth-order valence-electron chi connectivity index (χ4n) is 3.20. The third kappa shape index (κ3) is 6.64. The first-order valence-corrected chi connectivity index (χ1v) is 9.13. The summed E-state index contributed by atoms with van der Waals surface area (Å²) < 4.78 is 1.85. The predicted molar refractivity (Wildman–Crippen MR) is 116 cm³/mol. The Hall–Kier alpha value is -1.05. The molecule has 2 rings (SSSR count). The van der Waals surface area contributed by atoms with Gasteiger partial charge in [-0.05, 0) is 44.6 Å². The number of hydrogen-bond acceptors (Lipinski definition) is 2. The summed E-state index contributed by atoms with van der Waals surface area (Å²) in [6, 6.07) is 5.43. The monoisotopic (exact) mass is 460 g/mol. The van der Waals surface area contributed by atoms with Crippen LogP contribution < -0.4 is 10.9 Å². The maximum Gasteiger partial charge on any atom is 0.250 e. The molecular formula is C19H33IN4O. The van der Waals surface area contributed by atoms with Crippen LogP contribution in [0, 0.1) is 12.3 Å². The fraction of sp³-hybridized carbons (Fsp3) is 0.684. The molecule has 2 heterocycles.